The average molecular weight is 319 g/mol. The van der Waals surface area contributed by atoms with Gasteiger partial charge in [0.05, 0.1) is 18.8 Å². The molecule has 0 unspecified atom stereocenters. The number of carbonyl (C=O) groups is 1. The molecule has 0 radical (unpaired) electrons. The van der Waals surface area contributed by atoms with E-state index in [4.69, 9.17) is 4.74 Å². The van der Waals surface area contributed by atoms with E-state index >= 15 is 0 Å². The van der Waals surface area contributed by atoms with Gasteiger partial charge in [-0.15, -0.1) is 0 Å². The van der Waals surface area contributed by atoms with Crippen LogP contribution in [0.3, 0.4) is 0 Å². The lowest BCUT2D eigenvalue weighted by molar-refractivity contribution is 0.0913. The van der Waals surface area contributed by atoms with Crippen LogP contribution >= 0.6 is 0 Å². The van der Waals surface area contributed by atoms with Gasteiger partial charge in [0, 0.05) is 6.54 Å². The Bertz CT molecular complexity index is 718. The van der Waals surface area contributed by atoms with Crippen molar-refractivity contribution in [2.75, 3.05) is 13.7 Å². The van der Waals surface area contributed by atoms with Crippen molar-refractivity contribution in [2.24, 2.45) is 0 Å². The first-order chi connectivity index (χ1) is 10.9. The third-order valence-corrected chi connectivity index (χ3v) is 3.37. The molecule has 2 aromatic rings. The molecule has 0 fully saturated rings. The summed E-state index contributed by atoms with van der Waals surface area (Å²) in [6.45, 7) is 1.65. The highest BCUT2D eigenvalue weighted by atomic mass is 19.1. The molecule has 0 heterocycles. The van der Waals surface area contributed by atoms with Crippen LogP contribution in [0.15, 0.2) is 36.4 Å². The molecular formula is C17H18FNO4. The fraction of sp³-hybridized carbons (Fsp3) is 0.235. The van der Waals surface area contributed by atoms with Crippen molar-refractivity contribution in [1.29, 1.82) is 0 Å². The molecule has 5 nitrogen and oxygen atoms in total. The number of nitrogens with one attached hydrogen (secondary N) is 1. The van der Waals surface area contributed by atoms with Gasteiger partial charge in [-0.2, -0.15) is 0 Å². The molecular weight excluding hydrogens is 301 g/mol. The van der Waals surface area contributed by atoms with E-state index < -0.39 is 17.8 Å². The van der Waals surface area contributed by atoms with Crippen molar-refractivity contribution in [3.05, 3.63) is 58.9 Å². The van der Waals surface area contributed by atoms with Crippen molar-refractivity contribution in [3.8, 4) is 11.5 Å². The van der Waals surface area contributed by atoms with Crippen molar-refractivity contribution >= 4 is 5.91 Å². The van der Waals surface area contributed by atoms with Gasteiger partial charge in [0.25, 0.3) is 5.91 Å². The highest BCUT2D eigenvalue weighted by Crippen LogP contribution is 2.31. The van der Waals surface area contributed by atoms with Crippen molar-refractivity contribution in [3.63, 3.8) is 0 Å². The molecule has 122 valence electrons. The maximum atomic E-state index is 13.1. The Labute approximate surface area is 133 Å². The molecule has 0 spiro atoms. The SMILES string of the molecule is COc1cc(C)cc(C(=O)NC[C@H](O)c2cccc(F)c2)c1O. The van der Waals surface area contributed by atoms with E-state index in [9.17, 15) is 19.4 Å². The molecule has 2 rings (SSSR count). The first-order valence-electron chi connectivity index (χ1n) is 7.01. The summed E-state index contributed by atoms with van der Waals surface area (Å²) in [7, 11) is 1.39. The quantitative estimate of drug-likeness (QED) is 0.790. The number of methoxy groups -OCH3 is 1. The molecule has 0 saturated carbocycles. The fourth-order valence-electron chi connectivity index (χ4n) is 2.19. The summed E-state index contributed by atoms with van der Waals surface area (Å²) in [5, 5.41) is 22.5. The van der Waals surface area contributed by atoms with E-state index in [1.807, 2.05) is 0 Å². The number of aliphatic hydroxyl groups is 1. The van der Waals surface area contributed by atoms with Gasteiger partial charge in [-0.1, -0.05) is 12.1 Å². The lowest BCUT2D eigenvalue weighted by atomic mass is 10.1. The van der Waals surface area contributed by atoms with Crippen LogP contribution in [-0.2, 0) is 0 Å². The van der Waals surface area contributed by atoms with Crippen LogP contribution in [-0.4, -0.2) is 29.8 Å². The maximum absolute atomic E-state index is 13.1. The Kier molecular flexibility index (Phi) is 5.18. The molecule has 0 aromatic heterocycles. The third-order valence-electron chi connectivity index (χ3n) is 3.37. The monoisotopic (exact) mass is 319 g/mol. The Morgan fingerprint density at radius 2 is 2.09 bits per heavy atom. The smallest absolute Gasteiger partial charge is 0.255 e. The van der Waals surface area contributed by atoms with Gasteiger partial charge in [0.1, 0.15) is 5.82 Å². The van der Waals surface area contributed by atoms with E-state index in [-0.39, 0.29) is 23.6 Å². The number of aryl methyl sites for hydroxylation is 1. The van der Waals surface area contributed by atoms with Crippen LogP contribution in [0.4, 0.5) is 4.39 Å². The summed E-state index contributed by atoms with van der Waals surface area (Å²) in [4.78, 5) is 12.2. The third kappa shape index (κ3) is 3.98. The molecule has 6 heteroatoms. The summed E-state index contributed by atoms with van der Waals surface area (Å²) in [5.41, 5.74) is 1.15. The van der Waals surface area contributed by atoms with Crippen LogP contribution in [0.25, 0.3) is 0 Å². The van der Waals surface area contributed by atoms with E-state index in [1.54, 1.807) is 19.1 Å². The number of amides is 1. The molecule has 23 heavy (non-hydrogen) atoms. The predicted molar refractivity (Wildman–Crippen MR) is 83.1 cm³/mol. The Balaban J connectivity index is 2.09. The summed E-state index contributed by atoms with van der Waals surface area (Å²) in [6, 6.07) is 8.63. The molecule has 1 amide bonds. The van der Waals surface area contributed by atoms with E-state index in [2.05, 4.69) is 5.32 Å². The molecule has 0 saturated heterocycles. The zero-order valence-corrected chi connectivity index (χ0v) is 12.8. The van der Waals surface area contributed by atoms with Crippen LogP contribution < -0.4 is 10.1 Å². The lowest BCUT2D eigenvalue weighted by Crippen LogP contribution is -2.28. The number of hydrogen-bond acceptors (Lipinski definition) is 4. The summed E-state index contributed by atoms with van der Waals surface area (Å²) in [6.07, 6.45) is -1.05. The van der Waals surface area contributed by atoms with Gasteiger partial charge in [-0.05, 0) is 42.3 Å². The average Bonchev–Trinajstić information content (AvgIpc) is 2.54. The second-order valence-electron chi connectivity index (χ2n) is 5.14. The lowest BCUT2D eigenvalue weighted by Gasteiger charge is -2.14. The number of ether oxygens (including phenoxy) is 1. The largest absolute Gasteiger partial charge is 0.504 e. The molecule has 0 aliphatic heterocycles. The highest BCUT2D eigenvalue weighted by molar-refractivity contribution is 5.97. The van der Waals surface area contributed by atoms with Gasteiger partial charge in [-0.3, -0.25) is 4.79 Å². The number of phenolic OH excluding ortho intramolecular Hbond substituents is 1. The van der Waals surface area contributed by atoms with Gasteiger partial charge in [-0.25, -0.2) is 4.39 Å². The standard InChI is InChI=1S/C17H18FNO4/c1-10-6-13(16(21)15(7-10)23-2)17(22)19-9-14(20)11-4-3-5-12(18)8-11/h3-8,14,20-21H,9H2,1-2H3,(H,19,22)/t14-/m0/s1. The molecule has 0 aliphatic rings. The van der Waals surface area contributed by atoms with Crippen LogP contribution in [0.2, 0.25) is 0 Å². The zero-order chi connectivity index (χ0) is 17.0. The van der Waals surface area contributed by atoms with Gasteiger partial charge in [0.15, 0.2) is 11.5 Å². The van der Waals surface area contributed by atoms with Crippen LogP contribution in [0.5, 0.6) is 11.5 Å². The van der Waals surface area contributed by atoms with Gasteiger partial charge < -0.3 is 20.3 Å². The maximum Gasteiger partial charge on any atom is 0.255 e. The minimum absolute atomic E-state index is 0.0493. The summed E-state index contributed by atoms with van der Waals surface area (Å²) in [5.74, 6) is -1.09. The van der Waals surface area contributed by atoms with E-state index in [0.29, 0.717) is 5.56 Å². The molecule has 1 atom stereocenters. The Morgan fingerprint density at radius 1 is 1.35 bits per heavy atom. The van der Waals surface area contributed by atoms with Crippen molar-refractivity contribution < 1.29 is 24.1 Å². The number of aromatic hydroxyl groups is 1. The normalized spacial score (nSPS) is 11.8. The topological polar surface area (TPSA) is 78.8 Å². The number of aliphatic hydroxyl groups excluding tert-OH is 1. The predicted octanol–water partition coefficient (Wildman–Crippen LogP) is 2.31. The fourth-order valence-corrected chi connectivity index (χ4v) is 2.19. The zero-order valence-electron chi connectivity index (χ0n) is 12.8. The van der Waals surface area contributed by atoms with Crippen molar-refractivity contribution in [1.82, 2.24) is 5.32 Å². The van der Waals surface area contributed by atoms with E-state index in [0.717, 1.165) is 5.56 Å². The highest BCUT2D eigenvalue weighted by Gasteiger charge is 2.17. The van der Waals surface area contributed by atoms with Crippen molar-refractivity contribution in [2.45, 2.75) is 13.0 Å². The molecule has 0 aliphatic carbocycles. The number of phenols is 1. The molecule has 2 aromatic carbocycles. The number of halogens is 1. The van der Waals surface area contributed by atoms with E-state index in [1.165, 1.54) is 31.4 Å². The minimum Gasteiger partial charge on any atom is -0.504 e. The van der Waals surface area contributed by atoms with Crippen LogP contribution in [0, 0.1) is 12.7 Å². The van der Waals surface area contributed by atoms with Gasteiger partial charge >= 0.3 is 0 Å². The van der Waals surface area contributed by atoms with Gasteiger partial charge in [0.2, 0.25) is 0 Å². The minimum atomic E-state index is -1.05. The summed E-state index contributed by atoms with van der Waals surface area (Å²) >= 11 is 0. The second-order valence-corrected chi connectivity index (χ2v) is 5.14. The number of carbonyl (C=O) groups excluding carboxylic acids is 1. The second kappa shape index (κ2) is 7.11. The molecule has 3 N–H and O–H groups in total. The molecule has 0 bridgehead atoms. The number of benzene rings is 2. The Hall–Kier alpha value is -2.60. The summed E-state index contributed by atoms with van der Waals surface area (Å²) < 4.78 is 18.1. The number of hydrogen-bond donors (Lipinski definition) is 3. The number of rotatable bonds is 5. The first-order valence-corrected chi connectivity index (χ1v) is 7.01. The first kappa shape index (κ1) is 16.8. The van der Waals surface area contributed by atoms with Crippen LogP contribution in [0.1, 0.15) is 27.6 Å². The Morgan fingerprint density at radius 3 is 2.74 bits per heavy atom.